The molecule has 1 aromatic rings. The van der Waals surface area contributed by atoms with Gasteiger partial charge in [0.05, 0.1) is 25.0 Å². The van der Waals surface area contributed by atoms with Crippen LogP contribution < -0.4 is 4.90 Å². The number of carbonyl (C=O) groups is 1. The molecule has 1 aromatic heterocycles. The number of aliphatic hydroxyl groups is 1. The minimum absolute atomic E-state index is 0.0655. The van der Waals surface area contributed by atoms with Crippen LogP contribution in [0.3, 0.4) is 0 Å². The molecule has 17 heavy (non-hydrogen) atoms. The molecule has 2 N–H and O–H groups in total. The molecule has 0 radical (unpaired) electrons. The van der Waals surface area contributed by atoms with Crippen molar-refractivity contribution in [1.29, 1.82) is 0 Å². The van der Waals surface area contributed by atoms with Crippen LogP contribution in [0.25, 0.3) is 0 Å². The van der Waals surface area contributed by atoms with Crippen LogP contribution in [0.4, 0.5) is 5.69 Å². The predicted octanol–water partition coefficient (Wildman–Crippen LogP) is -0.0227. The van der Waals surface area contributed by atoms with Crippen LogP contribution in [-0.4, -0.2) is 53.6 Å². The first-order valence-corrected chi connectivity index (χ1v) is 5.37. The van der Waals surface area contributed by atoms with Gasteiger partial charge in [-0.1, -0.05) is 0 Å². The lowest BCUT2D eigenvalue weighted by atomic mass is 10.2. The van der Waals surface area contributed by atoms with E-state index in [0.717, 1.165) is 0 Å². The number of aromatic nitrogens is 1. The molecule has 1 unspecified atom stereocenters. The highest BCUT2D eigenvalue weighted by Gasteiger charge is 2.23. The third-order valence-corrected chi connectivity index (χ3v) is 2.71. The zero-order valence-electron chi connectivity index (χ0n) is 9.24. The smallest absolute Gasteiger partial charge is 0.339 e. The summed E-state index contributed by atoms with van der Waals surface area (Å²) in [6, 6.07) is 1.67. The zero-order chi connectivity index (χ0) is 12.3. The average molecular weight is 238 g/mol. The lowest BCUT2D eigenvalue weighted by molar-refractivity contribution is 0.00349. The van der Waals surface area contributed by atoms with Crippen LogP contribution in [0.5, 0.6) is 0 Å². The number of ether oxygens (including phenoxy) is 1. The van der Waals surface area contributed by atoms with Gasteiger partial charge in [0.15, 0.2) is 0 Å². The van der Waals surface area contributed by atoms with Crippen LogP contribution in [0.2, 0.25) is 0 Å². The molecule has 1 fully saturated rings. The van der Waals surface area contributed by atoms with E-state index in [1.165, 1.54) is 6.20 Å². The fourth-order valence-corrected chi connectivity index (χ4v) is 1.88. The summed E-state index contributed by atoms with van der Waals surface area (Å²) in [5.74, 6) is -1.000. The molecule has 92 valence electrons. The number of rotatable bonds is 3. The van der Waals surface area contributed by atoms with Crippen molar-refractivity contribution in [1.82, 2.24) is 4.98 Å². The molecule has 6 nitrogen and oxygen atoms in total. The first-order valence-electron chi connectivity index (χ1n) is 5.37. The fourth-order valence-electron chi connectivity index (χ4n) is 1.88. The standard InChI is InChI=1S/C11H14N2O4/c14-7-8-6-13(3-4-17-8)10-1-2-12-5-9(10)11(15)16/h1-2,5,8,14H,3-4,6-7H2,(H,15,16). The van der Waals surface area contributed by atoms with Gasteiger partial charge in [0.1, 0.15) is 5.56 Å². The first-order chi connectivity index (χ1) is 8.22. The van der Waals surface area contributed by atoms with Crippen LogP contribution in [0.1, 0.15) is 10.4 Å². The van der Waals surface area contributed by atoms with Crippen molar-refractivity contribution in [3.05, 3.63) is 24.0 Å². The Bertz CT molecular complexity index is 410. The van der Waals surface area contributed by atoms with Crippen molar-refractivity contribution in [2.24, 2.45) is 0 Å². The molecular formula is C11H14N2O4. The third-order valence-electron chi connectivity index (χ3n) is 2.71. The lowest BCUT2D eigenvalue weighted by Crippen LogP contribution is -2.44. The Morgan fingerprint density at radius 1 is 1.65 bits per heavy atom. The normalized spacial score (nSPS) is 20.3. The number of nitrogens with zero attached hydrogens (tertiary/aromatic N) is 2. The Labute approximate surface area is 98.5 Å². The molecule has 0 spiro atoms. The molecule has 1 atom stereocenters. The highest BCUT2D eigenvalue weighted by molar-refractivity contribution is 5.94. The molecule has 0 aromatic carbocycles. The number of carboxylic acids is 1. The van der Waals surface area contributed by atoms with Crippen molar-refractivity contribution in [2.75, 3.05) is 31.2 Å². The van der Waals surface area contributed by atoms with Crippen molar-refractivity contribution in [2.45, 2.75) is 6.10 Å². The van der Waals surface area contributed by atoms with E-state index >= 15 is 0 Å². The maximum Gasteiger partial charge on any atom is 0.339 e. The number of morpholine rings is 1. The fraction of sp³-hybridized carbons (Fsp3) is 0.455. The van der Waals surface area contributed by atoms with E-state index in [1.807, 2.05) is 4.90 Å². The van der Waals surface area contributed by atoms with Crippen molar-refractivity contribution in [3.63, 3.8) is 0 Å². The number of aromatic carboxylic acids is 1. The van der Waals surface area contributed by atoms with E-state index in [9.17, 15) is 4.79 Å². The van der Waals surface area contributed by atoms with Gasteiger partial charge in [0, 0.05) is 25.5 Å². The second-order valence-corrected chi connectivity index (χ2v) is 3.82. The van der Waals surface area contributed by atoms with E-state index in [4.69, 9.17) is 14.9 Å². The molecule has 0 aliphatic carbocycles. The van der Waals surface area contributed by atoms with Crippen LogP contribution in [0.15, 0.2) is 18.5 Å². The highest BCUT2D eigenvalue weighted by atomic mass is 16.5. The summed E-state index contributed by atoms with van der Waals surface area (Å²) in [7, 11) is 0. The molecule has 2 rings (SSSR count). The molecule has 1 saturated heterocycles. The third kappa shape index (κ3) is 2.54. The van der Waals surface area contributed by atoms with Crippen molar-refractivity contribution < 1.29 is 19.7 Å². The van der Waals surface area contributed by atoms with Crippen LogP contribution >= 0.6 is 0 Å². The zero-order valence-corrected chi connectivity index (χ0v) is 9.24. The molecule has 1 aliphatic rings. The molecule has 2 heterocycles. The maximum atomic E-state index is 11.1. The number of pyridine rings is 1. The number of aliphatic hydroxyl groups excluding tert-OH is 1. The van der Waals surface area contributed by atoms with Gasteiger partial charge in [-0.2, -0.15) is 0 Å². The number of hydrogen-bond acceptors (Lipinski definition) is 5. The minimum Gasteiger partial charge on any atom is -0.478 e. The Morgan fingerprint density at radius 3 is 3.18 bits per heavy atom. The summed E-state index contributed by atoms with van der Waals surface area (Å²) in [4.78, 5) is 16.8. The van der Waals surface area contributed by atoms with Crippen molar-refractivity contribution in [3.8, 4) is 0 Å². The SMILES string of the molecule is O=C(O)c1cnccc1N1CCOC(CO)C1. The summed E-state index contributed by atoms with van der Waals surface area (Å²) in [5.41, 5.74) is 0.792. The lowest BCUT2D eigenvalue weighted by Gasteiger charge is -2.34. The van der Waals surface area contributed by atoms with Gasteiger partial charge >= 0.3 is 5.97 Å². The van der Waals surface area contributed by atoms with Crippen molar-refractivity contribution >= 4 is 11.7 Å². The summed E-state index contributed by atoms with van der Waals surface area (Å²) in [6.45, 7) is 1.51. The van der Waals surface area contributed by atoms with E-state index in [1.54, 1.807) is 12.3 Å². The summed E-state index contributed by atoms with van der Waals surface area (Å²) in [6.07, 6.45) is 2.63. The average Bonchev–Trinajstić information content (AvgIpc) is 2.39. The number of carboxylic acid groups (broad SMARTS) is 1. The molecule has 0 saturated carbocycles. The van der Waals surface area contributed by atoms with Gasteiger partial charge in [0.2, 0.25) is 0 Å². The number of hydrogen-bond donors (Lipinski definition) is 2. The Morgan fingerprint density at radius 2 is 2.47 bits per heavy atom. The van der Waals surface area contributed by atoms with Gasteiger partial charge in [-0.3, -0.25) is 4.98 Å². The predicted molar refractivity (Wildman–Crippen MR) is 60.2 cm³/mol. The quantitative estimate of drug-likeness (QED) is 0.770. The molecule has 1 aliphatic heterocycles. The highest BCUT2D eigenvalue weighted by Crippen LogP contribution is 2.21. The van der Waals surface area contributed by atoms with E-state index in [-0.39, 0.29) is 18.3 Å². The van der Waals surface area contributed by atoms with Crippen LogP contribution in [0, 0.1) is 0 Å². The summed E-state index contributed by atoms with van der Waals surface area (Å²) in [5, 5.41) is 18.1. The second-order valence-electron chi connectivity index (χ2n) is 3.82. The van der Waals surface area contributed by atoms with E-state index in [2.05, 4.69) is 4.98 Å². The van der Waals surface area contributed by atoms with E-state index in [0.29, 0.717) is 25.4 Å². The molecule has 0 bridgehead atoms. The molecular weight excluding hydrogens is 224 g/mol. The van der Waals surface area contributed by atoms with Gasteiger partial charge < -0.3 is 19.8 Å². The molecule has 6 heteroatoms. The Hall–Kier alpha value is -1.66. The summed E-state index contributed by atoms with van der Waals surface area (Å²) < 4.78 is 5.32. The van der Waals surface area contributed by atoms with Gasteiger partial charge in [-0.15, -0.1) is 0 Å². The first kappa shape index (κ1) is 11.8. The van der Waals surface area contributed by atoms with Gasteiger partial charge in [0.25, 0.3) is 0 Å². The molecule has 0 amide bonds. The Kier molecular flexibility index (Phi) is 3.55. The van der Waals surface area contributed by atoms with Gasteiger partial charge in [-0.25, -0.2) is 4.79 Å². The second kappa shape index (κ2) is 5.11. The Balaban J connectivity index is 2.24. The summed E-state index contributed by atoms with van der Waals surface area (Å²) >= 11 is 0. The van der Waals surface area contributed by atoms with Crippen LogP contribution in [-0.2, 0) is 4.74 Å². The largest absolute Gasteiger partial charge is 0.478 e. The van der Waals surface area contributed by atoms with Gasteiger partial charge in [-0.05, 0) is 6.07 Å². The minimum atomic E-state index is -1.000. The topological polar surface area (TPSA) is 82.9 Å². The number of anilines is 1. The van der Waals surface area contributed by atoms with E-state index < -0.39 is 5.97 Å². The monoisotopic (exact) mass is 238 g/mol. The maximum absolute atomic E-state index is 11.1.